The van der Waals surface area contributed by atoms with Gasteiger partial charge in [-0.3, -0.25) is 9.78 Å². The van der Waals surface area contributed by atoms with Crippen LogP contribution in [0.1, 0.15) is 10.5 Å². The summed E-state index contributed by atoms with van der Waals surface area (Å²) in [6.07, 6.45) is 0. The number of nitrogens with one attached hydrogen (secondary N) is 2. The van der Waals surface area contributed by atoms with Gasteiger partial charge in [0.1, 0.15) is 9.26 Å². The van der Waals surface area contributed by atoms with Crippen molar-refractivity contribution in [3.8, 4) is 0 Å². The third kappa shape index (κ3) is 1.97. The minimum atomic E-state index is -0.743. The predicted molar refractivity (Wildman–Crippen MR) is 51.7 cm³/mol. The summed E-state index contributed by atoms with van der Waals surface area (Å²) >= 11 is 1.65. The topological polar surface area (TPSA) is 92.0 Å². The Morgan fingerprint density at radius 1 is 1.38 bits per heavy atom. The number of carbonyl (C=O) groups excluding carboxylic acids is 1. The second-order valence-electron chi connectivity index (χ2n) is 2.09. The number of ether oxygens (including phenoxy) is 1. The monoisotopic (exact) mass is 296 g/mol. The number of halogens is 1. The molecule has 6 nitrogen and oxygen atoms in total. The Balaban J connectivity index is 3.46. The van der Waals surface area contributed by atoms with E-state index in [4.69, 9.17) is 0 Å². The van der Waals surface area contributed by atoms with Crippen LogP contribution in [0.15, 0.2) is 9.59 Å². The van der Waals surface area contributed by atoms with Gasteiger partial charge in [0.2, 0.25) is 0 Å². The number of carbonyl (C=O) groups is 1. The first kappa shape index (κ1) is 9.96. The summed E-state index contributed by atoms with van der Waals surface area (Å²) in [4.78, 5) is 36.9. The average molecular weight is 296 g/mol. The summed E-state index contributed by atoms with van der Waals surface area (Å²) < 4.78 is 4.46. The van der Waals surface area contributed by atoms with Gasteiger partial charge in [0, 0.05) is 0 Å². The average Bonchev–Trinajstić information content (AvgIpc) is 2.10. The van der Waals surface area contributed by atoms with Gasteiger partial charge in [0.25, 0.3) is 5.56 Å². The first-order valence-corrected chi connectivity index (χ1v) is 4.24. The van der Waals surface area contributed by atoms with Crippen LogP contribution in [0, 0.1) is 3.57 Å². The Hall–Kier alpha value is -1.12. The molecule has 0 aromatic carbocycles. The third-order valence-corrected chi connectivity index (χ3v) is 2.30. The molecule has 1 aromatic rings. The van der Waals surface area contributed by atoms with Gasteiger partial charge in [-0.1, -0.05) is 0 Å². The van der Waals surface area contributed by atoms with E-state index in [-0.39, 0.29) is 9.26 Å². The zero-order chi connectivity index (χ0) is 10.0. The molecular weight excluding hydrogens is 291 g/mol. The lowest BCUT2D eigenvalue weighted by Gasteiger charge is -1.99. The highest BCUT2D eigenvalue weighted by Gasteiger charge is 2.14. The molecule has 70 valence electrons. The Kier molecular flexibility index (Phi) is 2.86. The molecule has 0 aliphatic carbocycles. The van der Waals surface area contributed by atoms with E-state index in [0.29, 0.717) is 0 Å². The first-order valence-electron chi connectivity index (χ1n) is 3.16. The van der Waals surface area contributed by atoms with E-state index in [9.17, 15) is 14.4 Å². The molecule has 0 bridgehead atoms. The molecule has 0 saturated carbocycles. The molecule has 0 aliphatic rings. The van der Waals surface area contributed by atoms with Crippen LogP contribution in [0.5, 0.6) is 0 Å². The van der Waals surface area contributed by atoms with Gasteiger partial charge in [0.15, 0.2) is 0 Å². The van der Waals surface area contributed by atoms with Gasteiger partial charge in [-0.2, -0.15) is 0 Å². The molecular formula is C6H5IN2O4. The second-order valence-corrected chi connectivity index (χ2v) is 3.17. The van der Waals surface area contributed by atoms with Crippen molar-refractivity contribution in [1.82, 2.24) is 9.97 Å². The smallest absolute Gasteiger partial charge is 0.355 e. The van der Waals surface area contributed by atoms with Crippen molar-refractivity contribution in [3.05, 3.63) is 30.1 Å². The van der Waals surface area contributed by atoms with Crippen molar-refractivity contribution in [3.63, 3.8) is 0 Å². The first-order chi connectivity index (χ1) is 6.06. The van der Waals surface area contributed by atoms with Crippen LogP contribution in [-0.2, 0) is 4.74 Å². The molecule has 0 aliphatic heterocycles. The van der Waals surface area contributed by atoms with Crippen LogP contribution >= 0.6 is 22.6 Å². The SMILES string of the molecule is COC(=O)c1[nH]c(=O)[nH]c(=O)c1I. The lowest BCUT2D eigenvalue weighted by molar-refractivity contribution is 0.0591. The Labute approximate surface area is 85.5 Å². The normalized spacial score (nSPS) is 9.69. The van der Waals surface area contributed by atoms with Crippen LogP contribution in [0.4, 0.5) is 0 Å². The van der Waals surface area contributed by atoms with Gasteiger partial charge in [0.05, 0.1) is 7.11 Å². The number of esters is 1. The van der Waals surface area contributed by atoms with E-state index >= 15 is 0 Å². The van der Waals surface area contributed by atoms with Crippen LogP contribution in [0.3, 0.4) is 0 Å². The minimum Gasteiger partial charge on any atom is -0.464 e. The molecule has 13 heavy (non-hydrogen) atoms. The van der Waals surface area contributed by atoms with Crippen molar-refractivity contribution in [2.24, 2.45) is 0 Å². The van der Waals surface area contributed by atoms with E-state index in [2.05, 4.69) is 9.72 Å². The van der Waals surface area contributed by atoms with Gasteiger partial charge in [-0.15, -0.1) is 0 Å². The molecule has 7 heteroatoms. The summed E-state index contributed by atoms with van der Waals surface area (Å²) in [5.41, 5.74) is -1.47. The lowest BCUT2D eigenvalue weighted by Crippen LogP contribution is -2.29. The number of hydrogen-bond donors (Lipinski definition) is 2. The Morgan fingerprint density at radius 2 is 2.00 bits per heavy atom. The van der Waals surface area contributed by atoms with Gasteiger partial charge < -0.3 is 9.72 Å². The van der Waals surface area contributed by atoms with E-state index in [1.54, 1.807) is 22.6 Å². The van der Waals surface area contributed by atoms with Gasteiger partial charge >= 0.3 is 11.7 Å². The van der Waals surface area contributed by atoms with Crippen LogP contribution in [0.25, 0.3) is 0 Å². The molecule has 0 saturated heterocycles. The predicted octanol–water partition coefficient (Wildman–Crippen LogP) is -0.546. The lowest BCUT2D eigenvalue weighted by atomic mass is 10.4. The van der Waals surface area contributed by atoms with Gasteiger partial charge in [-0.25, -0.2) is 9.59 Å². The highest BCUT2D eigenvalue weighted by Crippen LogP contribution is 2.02. The molecule has 1 aromatic heterocycles. The molecule has 0 radical (unpaired) electrons. The van der Waals surface area contributed by atoms with Crippen molar-refractivity contribution in [2.45, 2.75) is 0 Å². The maximum Gasteiger partial charge on any atom is 0.355 e. The number of H-pyrrole nitrogens is 2. The highest BCUT2D eigenvalue weighted by atomic mass is 127. The van der Waals surface area contributed by atoms with E-state index in [0.717, 1.165) is 7.11 Å². The van der Waals surface area contributed by atoms with Crippen molar-refractivity contribution in [1.29, 1.82) is 0 Å². The summed E-state index contributed by atoms with van der Waals surface area (Å²) in [5, 5.41) is 0. The number of aromatic nitrogens is 2. The zero-order valence-electron chi connectivity index (χ0n) is 6.51. The molecule has 0 amide bonds. The van der Waals surface area contributed by atoms with Crippen molar-refractivity contribution < 1.29 is 9.53 Å². The molecule has 0 spiro atoms. The van der Waals surface area contributed by atoms with E-state index in [1.165, 1.54) is 0 Å². The molecule has 2 N–H and O–H groups in total. The molecule has 0 unspecified atom stereocenters. The maximum absolute atomic E-state index is 11.0. The van der Waals surface area contributed by atoms with Crippen LogP contribution < -0.4 is 11.2 Å². The molecule has 0 fully saturated rings. The fourth-order valence-corrected chi connectivity index (χ4v) is 1.20. The Bertz CT molecular complexity index is 447. The van der Waals surface area contributed by atoms with Crippen LogP contribution in [0.2, 0.25) is 0 Å². The van der Waals surface area contributed by atoms with Gasteiger partial charge in [-0.05, 0) is 22.6 Å². The fraction of sp³-hybridized carbons (Fsp3) is 0.167. The summed E-state index contributed by atoms with van der Waals surface area (Å²) in [7, 11) is 1.16. The largest absolute Gasteiger partial charge is 0.464 e. The standard InChI is InChI=1S/C6H5IN2O4/c1-13-5(11)3-2(7)4(10)9-6(12)8-3/h1H3,(H2,8,9,10,12). The van der Waals surface area contributed by atoms with Crippen molar-refractivity contribution >= 4 is 28.6 Å². The Morgan fingerprint density at radius 3 is 2.54 bits per heavy atom. The summed E-state index contributed by atoms with van der Waals surface area (Å²) in [5.74, 6) is -0.743. The van der Waals surface area contributed by atoms with Crippen molar-refractivity contribution in [2.75, 3.05) is 7.11 Å². The van der Waals surface area contributed by atoms with E-state index in [1.807, 2.05) is 4.98 Å². The van der Waals surface area contributed by atoms with E-state index < -0.39 is 17.2 Å². The molecule has 1 rings (SSSR count). The number of hydrogen-bond acceptors (Lipinski definition) is 4. The minimum absolute atomic E-state index is 0.101. The quantitative estimate of drug-likeness (QED) is 0.537. The highest BCUT2D eigenvalue weighted by molar-refractivity contribution is 14.1. The maximum atomic E-state index is 11.0. The van der Waals surface area contributed by atoms with Crippen LogP contribution in [-0.4, -0.2) is 23.0 Å². The number of rotatable bonds is 1. The fourth-order valence-electron chi connectivity index (χ4n) is 0.714. The number of aromatic amines is 2. The summed E-state index contributed by atoms with van der Waals surface area (Å²) in [6, 6.07) is 0. The zero-order valence-corrected chi connectivity index (χ0v) is 8.67. The molecule has 0 atom stereocenters. The molecule has 1 heterocycles. The third-order valence-electron chi connectivity index (χ3n) is 1.27. The second kappa shape index (κ2) is 3.73. The number of methoxy groups -OCH3 is 1. The summed E-state index contributed by atoms with van der Waals surface area (Å²) in [6.45, 7) is 0.